The highest BCUT2D eigenvalue weighted by Crippen LogP contribution is 2.67. The van der Waals surface area contributed by atoms with E-state index < -0.39 is 12.9 Å². The lowest BCUT2D eigenvalue weighted by Gasteiger charge is -2.44. The first-order valence-electron chi connectivity index (χ1n) is 11.7. The van der Waals surface area contributed by atoms with Crippen LogP contribution in [0.15, 0.2) is 0 Å². The molecule has 0 saturated heterocycles. The molecule has 0 unspecified atom stereocenters. The lowest BCUT2D eigenvalue weighted by atomic mass is 9.69. The van der Waals surface area contributed by atoms with Crippen molar-refractivity contribution in [2.45, 2.75) is 118 Å². The van der Waals surface area contributed by atoms with Crippen LogP contribution in [0.4, 0.5) is 0 Å². The molecule has 2 aliphatic carbocycles. The summed E-state index contributed by atoms with van der Waals surface area (Å²) in [5.41, 5.74) is 0.568. The van der Waals surface area contributed by atoms with Gasteiger partial charge in [-0.25, -0.2) is 0 Å². The predicted octanol–water partition coefficient (Wildman–Crippen LogP) is 7.13. The Morgan fingerprint density at radius 2 is 1.54 bits per heavy atom. The van der Waals surface area contributed by atoms with Crippen molar-refractivity contribution in [2.24, 2.45) is 16.7 Å². The largest absolute Gasteiger partial charge is 0.349 e. The number of hydrogen-bond acceptors (Lipinski definition) is 4. The maximum absolute atomic E-state index is 13.9. The molecule has 0 radical (unpaired) electrons. The van der Waals surface area contributed by atoms with Gasteiger partial charge in [-0.1, -0.05) is 60.3 Å². The second-order valence-electron chi connectivity index (χ2n) is 10.4. The molecule has 2 bridgehead atoms. The standard InChI is InChI=1S/C23H46NO3P/c1-8-10-12-16-26-28(25,27-17-13-11-9-2)22(5,6)24-20-18-19-14-15-23(20,7)21(19,3)4/h19-20,24H,8-18H2,1-7H3/t19-,20-,23+/m1/s1. The summed E-state index contributed by atoms with van der Waals surface area (Å²) >= 11 is 0. The van der Waals surface area contributed by atoms with Crippen LogP contribution in [0.2, 0.25) is 0 Å². The van der Waals surface area contributed by atoms with Crippen molar-refractivity contribution >= 4 is 7.60 Å². The minimum absolute atomic E-state index is 0.240. The van der Waals surface area contributed by atoms with Gasteiger partial charge in [0, 0.05) is 6.04 Å². The van der Waals surface area contributed by atoms with Gasteiger partial charge in [0.05, 0.1) is 13.2 Å². The lowest BCUT2D eigenvalue weighted by Crippen LogP contribution is -2.53. The maximum atomic E-state index is 13.9. The maximum Gasteiger partial charge on any atom is 0.349 e. The van der Waals surface area contributed by atoms with Crippen LogP contribution in [0.5, 0.6) is 0 Å². The molecule has 0 aromatic heterocycles. The minimum Gasteiger partial charge on any atom is -0.307 e. The normalized spacial score (nSPS) is 29.5. The number of nitrogens with one attached hydrogen (secondary N) is 1. The number of hydrogen-bond donors (Lipinski definition) is 1. The van der Waals surface area contributed by atoms with Crippen LogP contribution < -0.4 is 5.32 Å². The van der Waals surface area contributed by atoms with Gasteiger partial charge >= 0.3 is 7.60 Å². The van der Waals surface area contributed by atoms with Crippen molar-refractivity contribution in [3.05, 3.63) is 0 Å². The summed E-state index contributed by atoms with van der Waals surface area (Å²) in [4.78, 5) is 0. The smallest absolute Gasteiger partial charge is 0.307 e. The Kier molecular flexibility index (Phi) is 8.27. The van der Waals surface area contributed by atoms with E-state index in [4.69, 9.17) is 9.05 Å². The highest BCUT2D eigenvalue weighted by Gasteiger charge is 2.62. The summed E-state index contributed by atoms with van der Waals surface area (Å²) in [6.45, 7) is 16.7. The Balaban J connectivity index is 2.10. The van der Waals surface area contributed by atoms with E-state index in [0.29, 0.717) is 24.7 Å². The van der Waals surface area contributed by atoms with E-state index in [9.17, 15) is 4.57 Å². The molecule has 0 aliphatic heterocycles. The third kappa shape index (κ3) is 4.71. The van der Waals surface area contributed by atoms with E-state index in [1.165, 1.54) is 19.3 Å². The Morgan fingerprint density at radius 1 is 1.00 bits per heavy atom. The third-order valence-electron chi connectivity index (χ3n) is 8.02. The van der Waals surface area contributed by atoms with Gasteiger partial charge in [-0.3, -0.25) is 9.88 Å². The molecule has 2 rings (SSSR count). The molecule has 0 amide bonds. The zero-order chi connectivity index (χ0) is 21.1. The van der Waals surface area contributed by atoms with Crippen LogP contribution in [-0.2, 0) is 13.6 Å². The molecule has 0 aromatic carbocycles. The van der Waals surface area contributed by atoms with Crippen LogP contribution >= 0.6 is 7.60 Å². The zero-order valence-corrected chi connectivity index (χ0v) is 20.5. The van der Waals surface area contributed by atoms with Crippen molar-refractivity contribution in [1.29, 1.82) is 0 Å². The summed E-state index contributed by atoms with van der Waals surface area (Å²) in [6.07, 6.45) is 10.1. The lowest BCUT2D eigenvalue weighted by molar-refractivity contribution is 0.105. The fourth-order valence-electron chi connectivity index (χ4n) is 5.36. The van der Waals surface area contributed by atoms with Crippen LogP contribution in [0.25, 0.3) is 0 Å². The van der Waals surface area contributed by atoms with Gasteiger partial charge in [-0.05, 0) is 62.7 Å². The van der Waals surface area contributed by atoms with E-state index in [1.807, 2.05) is 13.8 Å². The van der Waals surface area contributed by atoms with Crippen molar-refractivity contribution in [3.63, 3.8) is 0 Å². The van der Waals surface area contributed by atoms with Gasteiger partial charge in [0.2, 0.25) is 0 Å². The topological polar surface area (TPSA) is 47.6 Å². The van der Waals surface area contributed by atoms with Crippen molar-refractivity contribution < 1.29 is 13.6 Å². The molecule has 4 nitrogen and oxygen atoms in total. The second-order valence-corrected chi connectivity index (χ2v) is 13.1. The molecule has 0 aromatic rings. The Morgan fingerprint density at radius 3 is 1.93 bits per heavy atom. The highest BCUT2D eigenvalue weighted by atomic mass is 31.2. The van der Waals surface area contributed by atoms with Crippen LogP contribution in [0.1, 0.15) is 106 Å². The van der Waals surface area contributed by atoms with Crippen molar-refractivity contribution in [2.75, 3.05) is 13.2 Å². The molecular weight excluding hydrogens is 369 g/mol. The zero-order valence-electron chi connectivity index (χ0n) is 19.6. The van der Waals surface area contributed by atoms with E-state index in [-0.39, 0.29) is 5.41 Å². The number of unbranched alkanes of at least 4 members (excludes halogenated alkanes) is 4. The fourth-order valence-corrected chi connectivity index (χ4v) is 7.13. The molecule has 1 N–H and O–H groups in total. The monoisotopic (exact) mass is 415 g/mol. The Labute approximate surface area is 174 Å². The fraction of sp³-hybridized carbons (Fsp3) is 1.00. The molecule has 0 heterocycles. The Bertz CT molecular complexity index is 532. The summed E-state index contributed by atoms with van der Waals surface area (Å²) in [6, 6.07) is 0.364. The quantitative estimate of drug-likeness (QED) is 0.257. The van der Waals surface area contributed by atoms with Gasteiger partial charge < -0.3 is 9.05 Å². The SMILES string of the molecule is CCCCCOP(=O)(OCCCCC)C(C)(C)N[C@@H]1C[C@H]2CC[C@]1(C)C2(C)C. The first-order valence-corrected chi connectivity index (χ1v) is 13.2. The minimum atomic E-state index is -3.26. The molecule has 0 spiro atoms. The van der Waals surface area contributed by atoms with Crippen LogP contribution in [0, 0.1) is 16.7 Å². The summed E-state index contributed by atoms with van der Waals surface area (Å²) in [5.74, 6) is 0.751. The molecular formula is C23H46NO3P. The molecule has 3 atom stereocenters. The summed E-state index contributed by atoms with van der Waals surface area (Å²) < 4.78 is 26.0. The average molecular weight is 416 g/mol. The number of fused-ring (bicyclic) bond motifs is 2. The molecule has 28 heavy (non-hydrogen) atoms. The third-order valence-corrected chi connectivity index (χ3v) is 10.6. The molecule has 2 aliphatic rings. The molecule has 2 saturated carbocycles. The average Bonchev–Trinajstić information content (AvgIpc) is 2.95. The van der Waals surface area contributed by atoms with Gasteiger partial charge in [0.1, 0.15) is 5.28 Å². The van der Waals surface area contributed by atoms with Crippen molar-refractivity contribution in [1.82, 2.24) is 5.32 Å². The second kappa shape index (κ2) is 9.50. The summed E-state index contributed by atoms with van der Waals surface area (Å²) in [7, 11) is -3.26. The van der Waals surface area contributed by atoms with Gasteiger partial charge in [0.25, 0.3) is 0 Å². The van der Waals surface area contributed by atoms with Gasteiger partial charge in [-0.2, -0.15) is 0 Å². The van der Waals surface area contributed by atoms with Gasteiger partial charge in [0.15, 0.2) is 0 Å². The van der Waals surface area contributed by atoms with Gasteiger partial charge in [-0.15, -0.1) is 0 Å². The number of rotatable bonds is 13. The van der Waals surface area contributed by atoms with E-state index in [0.717, 1.165) is 44.4 Å². The highest BCUT2D eigenvalue weighted by molar-refractivity contribution is 7.55. The molecule has 5 heteroatoms. The predicted molar refractivity (Wildman–Crippen MR) is 119 cm³/mol. The first-order chi connectivity index (χ1) is 13.0. The van der Waals surface area contributed by atoms with Crippen LogP contribution in [-0.4, -0.2) is 24.5 Å². The van der Waals surface area contributed by atoms with E-state index in [1.54, 1.807) is 0 Å². The molecule has 2 fully saturated rings. The van der Waals surface area contributed by atoms with Crippen molar-refractivity contribution in [3.8, 4) is 0 Å². The first kappa shape index (κ1) is 24.4. The Hall–Kier alpha value is 0.110. The van der Waals surface area contributed by atoms with E-state index in [2.05, 4.69) is 39.9 Å². The molecule has 166 valence electrons. The van der Waals surface area contributed by atoms with E-state index >= 15 is 0 Å². The summed E-state index contributed by atoms with van der Waals surface area (Å²) in [5, 5.41) is 3.11. The van der Waals surface area contributed by atoms with Crippen LogP contribution in [0.3, 0.4) is 0 Å².